The number of fused-ring (bicyclic) bond motifs is 1. The van der Waals surface area contributed by atoms with Crippen molar-refractivity contribution in [2.75, 3.05) is 51.3 Å². The van der Waals surface area contributed by atoms with Crippen LogP contribution in [-0.2, 0) is 11.3 Å². The molecule has 13 heteroatoms. The minimum atomic E-state index is -0.475. The van der Waals surface area contributed by atoms with Crippen LogP contribution in [0.4, 0.5) is 10.2 Å². The second kappa shape index (κ2) is 15.2. The number of carbonyl (C=O) groups excluding carboxylic acids is 2. The lowest BCUT2D eigenvalue weighted by Gasteiger charge is -2.35. The third-order valence-electron chi connectivity index (χ3n) is 9.94. The average Bonchev–Trinajstić information content (AvgIpc) is 3.92. The molecule has 6 aromatic rings. The monoisotopic (exact) mass is 728 g/mol. The fourth-order valence-corrected chi connectivity index (χ4v) is 7.18. The zero-order chi connectivity index (χ0) is 37.0. The Morgan fingerprint density at radius 1 is 0.870 bits per heavy atom. The van der Waals surface area contributed by atoms with Crippen LogP contribution in [-0.4, -0.2) is 93.0 Å². The van der Waals surface area contributed by atoms with Gasteiger partial charge in [-0.1, -0.05) is 47.7 Å². The van der Waals surface area contributed by atoms with E-state index in [9.17, 15) is 9.59 Å². The lowest BCUT2D eigenvalue weighted by molar-refractivity contribution is -0.131. The van der Waals surface area contributed by atoms with Crippen molar-refractivity contribution in [3.05, 3.63) is 121 Å². The number of aryl methyl sites for hydroxylation is 1. The number of hydrogen-bond acceptors (Lipinski definition) is 8. The quantitative estimate of drug-likeness (QED) is 0.166. The number of nitrogens with zero attached hydrogens (tertiary/aromatic N) is 7. The summed E-state index contributed by atoms with van der Waals surface area (Å²) in [6.07, 6.45) is 7.86. The molecular weight excluding hydrogens is 688 g/mol. The van der Waals surface area contributed by atoms with Gasteiger partial charge in [0, 0.05) is 76.0 Å². The Morgan fingerprint density at radius 3 is 2.46 bits per heavy atom. The van der Waals surface area contributed by atoms with Gasteiger partial charge in [0.05, 0.1) is 25.4 Å². The number of anilines is 1. The van der Waals surface area contributed by atoms with E-state index in [1.165, 1.54) is 0 Å². The maximum atomic E-state index is 16.8. The molecule has 5 heterocycles. The average molecular weight is 729 g/mol. The Morgan fingerprint density at radius 2 is 1.67 bits per heavy atom. The van der Waals surface area contributed by atoms with Crippen molar-refractivity contribution >= 4 is 34.1 Å². The van der Waals surface area contributed by atoms with Crippen molar-refractivity contribution in [2.45, 2.75) is 19.4 Å². The van der Waals surface area contributed by atoms with Crippen LogP contribution in [0, 0.1) is 5.82 Å². The van der Waals surface area contributed by atoms with Crippen molar-refractivity contribution in [2.24, 2.45) is 0 Å². The second-order valence-electron chi connectivity index (χ2n) is 13.2. The van der Waals surface area contributed by atoms with Crippen LogP contribution in [0.25, 0.3) is 27.6 Å². The molecule has 8 rings (SSSR count). The molecule has 12 nitrogen and oxygen atoms in total. The number of ether oxygens (including phenoxy) is 2. The van der Waals surface area contributed by atoms with E-state index in [-0.39, 0.29) is 31.7 Å². The number of aromatic amines is 1. The SMILES string of the molecule is COc1ccccc1-c1cc(C2=CCCN(C(=O)CCn3ccnn3)C2)c(F)c2[nH]c(C(=O)N3CCN(c4ncccc4Oc4ccccc4)CC3)cc12.[HH]. The molecule has 0 bridgehead atoms. The highest BCUT2D eigenvalue weighted by Gasteiger charge is 2.29. The van der Waals surface area contributed by atoms with Crippen LogP contribution in [0.3, 0.4) is 0 Å². The number of carbonyl (C=O) groups is 2. The maximum Gasteiger partial charge on any atom is 0.270 e. The Kier molecular flexibility index (Phi) is 9.75. The first kappa shape index (κ1) is 34.6. The molecule has 3 aromatic heterocycles. The minimum absolute atomic E-state index is 0. The Bertz CT molecular complexity index is 2320. The summed E-state index contributed by atoms with van der Waals surface area (Å²) < 4.78 is 30.3. The van der Waals surface area contributed by atoms with Crippen molar-refractivity contribution in [3.8, 4) is 28.4 Å². The second-order valence-corrected chi connectivity index (χ2v) is 13.2. The number of rotatable bonds is 10. The number of H-pyrrole nitrogens is 1. The Labute approximate surface area is 312 Å². The first-order valence-electron chi connectivity index (χ1n) is 18.0. The molecule has 0 atom stereocenters. The van der Waals surface area contributed by atoms with Crippen molar-refractivity contribution in [3.63, 3.8) is 0 Å². The van der Waals surface area contributed by atoms with Gasteiger partial charge in [0.15, 0.2) is 17.4 Å². The first-order valence-corrected chi connectivity index (χ1v) is 18.0. The third kappa shape index (κ3) is 6.99. The van der Waals surface area contributed by atoms with E-state index >= 15 is 4.39 Å². The first-order chi connectivity index (χ1) is 26.5. The third-order valence-corrected chi connectivity index (χ3v) is 9.94. The van der Waals surface area contributed by atoms with Crippen LogP contribution < -0.4 is 14.4 Å². The minimum Gasteiger partial charge on any atom is -0.496 e. The maximum absolute atomic E-state index is 16.8. The number of aromatic nitrogens is 5. The highest BCUT2D eigenvalue weighted by atomic mass is 19.1. The molecule has 0 aliphatic carbocycles. The van der Waals surface area contributed by atoms with Gasteiger partial charge in [-0.3, -0.25) is 14.3 Å². The molecule has 1 saturated heterocycles. The Balaban J connectivity index is 0.00000465. The lowest BCUT2D eigenvalue weighted by atomic mass is 9.93. The number of para-hydroxylation sites is 2. The van der Waals surface area contributed by atoms with E-state index in [4.69, 9.17) is 9.47 Å². The van der Waals surface area contributed by atoms with Crippen molar-refractivity contribution in [1.29, 1.82) is 0 Å². The Hall–Kier alpha value is -6.50. The van der Waals surface area contributed by atoms with E-state index in [0.29, 0.717) is 91.0 Å². The summed E-state index contributed by atoms with van der Waals surface area (Å²) in [5, 5.41) is 8.32. The molecule has 3 aromatic carbocycles. The highest BCUT2D eigenvalue weighted by molar-refractivity contribution is 6.05. The molecule has 0 unspecified atom stereocenters. The number of benzene rings is 3. The van der Waals surface area contributed by atoms with Crippen LogP contribution in [0.15, 0.2) is 104 Å². The number of nitrogens with one attached hydrogen (secondary N) is 1. The number of piperazine rings is 1. The van der Waals surface area contributed by atoms with Crippen LogP contribution in [0.1, 0.15) is 30.3 Å². The molecule has 2 aliphatic heterocycles. The summed E-state index contributed by atoms with van der Waals surface area (Å²) in [7, 11) is 1.60. The number of halogens is 1. The summed E-state index contributed by atoms with van der Waals surface area (Å²) in [5.74, 6) is 1.95. The van der Waals surface area contributed by atoms with E-state index < -0.39 is 5.82 Å². The van der Waals surface area contributed by atoms with Gasteiger partial charge in [0.1, 0.15) is 17.2 Å². The van der Waals surface area contributed by atoms with Gasteiger partial charge in [0.25, 0.3) is 5.91 Å². The molecule has 1 N–H and O–H groups in total. The zero-order valence-corrected chi connectivity index (χ0v) is 29.8. The van der Waals surface area contributed by atoms with E-state index in [0.717, 1.165) is 11.1 Å². The summed E-state index contributed by atoms with van der Waals surface area (Å²) >= 11 is 0. The largest absolute Gasteiger partial charge is 0.496 e. The fourth-order valence-electron chi connectivity index (χ4n) is 7.18. The van der Waals surface area contributed by atoms with Gasteiger partial charge >= 0.3 is 0 Å². The molecular formula is C41H41FN8O4. The summed E-state index contributed by atoms with van der Waals surface area (Å²) in [4.78, 5) is 40.7. The molecule has 0 radical (unpaired) electrons. The number of amides is 2. The smallest absolute Gasteiger partial charge is 0.270 e. The van der Waals surface area contributed by atoms with Gasteiger partial charge in [-0.25, -0.2) is 9.37 Å². The normalized spacial score (nSPS) is 14.6. The standard InChI is InChI=1S/C41H39FN8O4.H2/c1-53-35-13-6-5-12-30(35)32-25-31(28-9-8-18-49(27-28)37(51)15-19-50-20-17-44-46-50)38(42)39-33(32)26-34(45-39)41(52)48-23-21-47(22-24-48)40-36(14-7-16-43-40)54-29-10-3-2-4-11-29;/h2-7,9-14,16-17,20,25-26,45H,8,15,18-19,21-24,27H2,1H3;1H. The number of pyridine rings is 1. The fraction of sp³-hybridized carbons (Fsp3) is 0.244. The molecule has 54 heavy (non-hydrogen) atoms. The van der Waals surface area contributed by atoms with Crippen LogP contribution in [0.5, 0.6) is 17.2 Å². The number of methoxy groups -OCH3 is 1. The van der Waals surface area contributed by atoms with E-state index in [1.807, 2.05) is 78.9 Å². The van der Waals surface area contributed by atoms with Crippen molar-refractivity contribution in [1.82, 2.24) is 34.8 Å². The highest BCUT2D eigenvalue weighted by Crippen LogP contribution is 2.40. The van der Waals surface area contributed by atoms with Gasteiger partial charge < -0.3 is 29.2 Å². The van der Waals surface area contributed by atoms with Crippen LogP contribution >= 0.6 is 0 Å². The molecule has 276 valence electrons. The summed E-state index contributed by atoms with van der Waals surface area (Å²) in [6, 6.07) is 24.4. The lowest BCUT2D eigenvalue weighted by Crippen LogP contribution is -2.49. The summed E-state index contributed by atoms with van der Waals surface area (Å²) in [6.45, 7) is 3.18. The van der Waals surface area contributed by atoms with Gasteiger partial charge in [-0.2, -0.15) is 0 Å². The van der Waals surface area contributed by atoms with Crippen molar-refractivity contribution < 1.29 is 24.9 Å². The molecule has 2 aliphatic rings. The van der Waals surface area contributed by atoms with E-state index in [2.05, 4.69) is 25.2 Å². The molecule has 0 spiro atoms. The van der Waals surface area contributed by atoms with E-state index in [1.54, 1.807) is 46.2 Å². The molecule has 1 fully saturated rings. The summed E-state index contributed by atoms with van der Waals surface area (Å²) in [5.41, 5.74) is 3.07. The predicted octanol–water partition coefficient (Wildman–Crippen LogP) is 6.68. The van der Waals surface area contributed by atoms with Gasteiger partial charge in [-0.05, 0) is 60.0 Å². The number of hydrogen-bond donors (Lipinski definition) is 1. The molecule has 0 saturated carbocycles. The molecule has 2 amide bonds. The van der Waals surface area contributed by atoms with Gasteiger partial charge in [0.2, 0.25) is 5.91 Å². The zero-order valence-electron chi connectivity index (χ0n) is 29.8. The van der Waals surface area contributed by atoms with Crippen LogP contribution in [0.2, 0.25) is 0 Å². The topological polar surface area (TPSA) is 122 Å². The van der Waals surface area contributed by atoms with Gasteiger partial charge in [-0.15, -0.1) is 5.10 Å². The predicted molar refractivity (Wildman–Crippen MR) is 205 cm³/mol.